The van der Waals surface area contributed by atoms with Gasteiger partial charge in [-0.05, 0) is 25.7 Å². The van der Waals surface area contributed by atoms with Gasteiger partial charge in [-0.2, -0.15) is 5.10 Å². The van der Waals surface area contributed by atoms with Gasteiger partial charge in [0.15, 0.2) is 5.75 Å². The van der Waals surface area contributed by atoms with Crippen molar-refractivity contribution in [1.82, 2.24) is 9.78 Å². The van der Waals surface area contributed by atoms with Crippen LogP contribution in [0, 0.1) is 0 Å². The lowest BCUT2D eigenvalue weighted by atomic mass is 10.1. The van der Waals surface area contributed by atoms with E-state index in [4.69, 9.17) is 0 Å². The van der Waals surface area contributed by atoms with Crippen LogP contribution in [0.5, 0.6) is 5.75 Å². The van der Waals surface area contributed by atoms with E-state index in [1.54, 1.807) is 0 Å². The van der Waals surface area contributed by atoms with Crippen LogP contribution in [0.3, 0.4) is 0 Å². The van der Waals surface area contributed by atoms with Crippen molar-refractivity contribution in [2.75, 3.05) is 0 Å². The molecule has 3 heteroatoms. The summed E-state index contributed by atoms with van der Waals surface area (Å²) in [5.41, 5.74) is 1.84. The zero-order valence-electron chi connectivity index (χ0n) is 11.1. The first-order chi connectivity index (χ1) is 7.52. The van der Waals surface area contributed by atoms with Gasteiger partial charge in [-0.1, -0.05) is 34.1 Å². The molecule has 0 aliphatic rings. The van der Waals surface area contributed by atoms with Gasteiger partial charge in [-0.25, -0.2) is 0 Å². The molecular weight excluding hydrogens is 200 g/mol. The van der Waals surface area contributed by atoms with Crippen LogP contribution in [0.1, 0.15) is 70.8 Å². The van der Waals surface area contributed by atoms with Gasteiger partial charge >= 0.3 is 0 Å². The molecule has 0 saturated carbocycles. The quantitative estimate of drug-likeness (QED) is 0.829. The third-order valence-electron chi connectivity index (χ3n) is 3.03. The highest BCUT2D eigenvalue weighted by molar-refractivity contribution is 5.34. The van der Waals surface area contributed by atoms with Gasteiger partial charge in [0.1, 0.15) is 5.69 Å². The zero-order chi connectivity index (χ0) is 12.3. The molecule has 0 saturated heterocycles. The molecule has 3 nitrogen and oxygen atoms in total. The average molecular weight is 224 g/mol. The van der Waals surface area contributed by atoms with E-state index in [0.29, 0.717) is 17.7 Å². The van der Waals surface area contributed by atoms with Crippen LogP contribution < -0.4 is 0 Å². The molecule has 1 aromatic rings. The Kier molecular flexibility index (Phi) is 4.39. The van der Waals surface area contributed by atoms with Gasteiger partial charge < -0.3 is 5.11 Å². The minimum atomic E-state index is 0.312. The minimum Gasteiger partial charge on any atom is -0.504 e. The number of nitrogens with zero attached hydrogens (tertiary/aromatic N) is 2. The predicted molar refractivity (Wildman–Crippen MR) is 67.0 cm³/mol. The van der Waals surface area contributed by atoms with Crippen molar-refractivity contribution in [1.29, 1.82) is 0 Å². The summed E-state index contributed by atoms with van der Waals surface area (Å²) < 4.78 is 2.00. The summed E-state index contributed by atoms with van der Waals surface area (Å²) in [7, 11) is 0. The summed E-state index contributed by atoms with van der Waals surface area (Å²) in [6, 6.07) is 0.355. The molecule has 0 radical (unpaired) electrons. The van der Waals surface area contributed by atoms with Gasteiger partial charge in [-0.15, -0.1) is 0 Å². The van der Waals surface area contributed by atoms with Crippen molar-refractivity contribution in [3.8, 4) is 5.75 Å². The lowest BCUT2D eigenvalue weighted by Gasteiger charge is -2.15. The Balaban J connectivity index is 3.19. The molecule has 1 heterocycles. The molecule has 1 rings (SSSR count). The predicted octanol–water partition coefficient (Wildman–Crippen LogP) is 3.64. The fraction of sp³-hybridized carbons (Fsp3) is 0.769. The van der Waals surface area contributed by atoms with Crippen LogP contribution in [-0.2, 0) is 6.42 Å². The number of hydrogen-bond acceptors (Lipinski definition) is 2. The highest BCUT2D eigenvalue weighted by atomic mass is 16.3. The summed E-state index contributed by atoms with van der Waals surface area (Å²) in [6.07, 6.45) is 2.91. The van der Waals surface area contributed by atoms with E-state index in [0.717, 1.165) is 30.7 Å². The molecule has 0 aliphatic heterocycles. The number of rotatable bonds is 5. The van der Waals surface area contributed by atoms with Crippen molar-refractivity contribution in [3.63, 3.8) is 0 Å². The third-order valence-corrected chi connectivity index (χ3v) is 3.03. The Morgan fingerprint density at radius 2 is 1.88 bits per heavy atom. The van der Waals surface area contributed by atoms with E-state index in [-0.39, 0.29) is 0 Å². The van der Waals surface area contributed by atoms with Crippen molar-refractivity contribution in [2.45, 2.75) is 65.8 Å². The monoisotopic (exact) mass is 224 g/mol. The van der Waals surface area contributed by atoms with Crippen LogP contribution in [0.25, 0.3) is 0 Å². The molecule has 1 aromatic heterocycles. The Morgan fingerprint density at radius 3 is 2.31 bits per heavy atom. The largest absolute Gasteiger partial charge is 0.504 e. The first-order valence-corrected chi connectivity index (χ1v) is 6.33. The maximum absolute atomic E-state index is 10.2. The molecule has 1 unspecified atom stereocenters. The van der Waals surface area contributed by atoms with E-state index in [1.165, 1.54) is 0 Å². The van der Waals surface area contributed by atoms with E-state index in [9.17, 15) is 5.11 Å². The smallest absolute Gasteiger partial charge is 0.160 e. The molecular formula is C13H24N2O. The van der Waals surface area contributed by atoms with E-state index in [2.05, 4.69) is 39.7 Å². The Morgan fingerprint density at radius 1 is 1.25 bits per heavy atom. The molecule has 1 atom stereocenters. The Hall–Kier alpha value is -0.990. The minimum absolute atomic E-state index is 0.312. The van der Waals surface area contributed by atoms with Crippen LogP contribution in [-0.4, -0.2) is 14.9 Å². The number of hydrogen-bond donors (Lipinski definition) is 1. The maximum atomic E-state index is 10.2. The van der Waals surface area contributed by atoms with E-state index < -0.39 is 0 Å². The lowest BCUT2D eigenvalue weighted by Crippen LogP contribution is -2.11. The topological polar surface area (TPSA) is 38.0 Å². The molecule has 0 bridgehead atoms. The molecule has 92 valence electrons. The lowest BCUT2D eigenvalue weighted by molar-refractivity contribution is 0.428. The molecule has 16 heavy (non-hydrogen) atoms. The van der Waals surface area contributed by atoms with Crippen molar-refractivity contribution in [3.05, 3.63) is 11.4 Å². The SMILES string of the molecule is CCCc1nn(C(C)CC)c(C(C)C)c1O. The van der Waals surface area contributed by atoms with Crippen LogP contribution in [0.2, 0.25) is 0 Å². The second-order valence-electron chi connectivity index (χ2n) is 4.79. The summed E-state index contributed by atoms with van der Waals surface area (Å²) in [5, 5.41) is 14.7. The standard InChI is InChI=1S/C13H24N2O/c1-6-8-11-13(16)12(9(3)4)15(14-11)10(5)7-2/h9-10,16H,6-8H2,1-5H3. The fourth-order valence-corrected chi connectivity index (χ4v) is 1.94. The number of aryl methyl sites for hydroxylation is 1. The summed E-state index contributed by atoms with van der Waals surface area (Å²) in [5.74, 6) is 0.726. The zero-order valence-corrected chi connectivity index (χ0v) is 11.1. The normalized spacial score (nSPS) is 13.4. The van der Waals surface area contributed by atoms with E-state index in [1.807, 2.05) is 4.68 Å². The fourth-order valence-electron chi connectivity index (χ4n) is 1.94. The Bertz CT molecular complexity index is 342. The first-order valence-electron chi connectivity index (χ1n) is 6.33. The van der Waals surface area contributed by atoms with Gasteiger partial charge in [0.05, 0.1) is 5.69 Å². The highest BCUT2D eigenvalue weighted by Crippen LogP contribution is 2.32. The molecule has 0 spiro atoms. The second-order valence-corrected chi connectivity index (χ2v) is 4.79. The molecule has 0 amide bonds. The molecule has 0 aromatic carbocycles. The summed E-state index contributed by atoms with van der Waals surface area (Å²) in [4.78, 5) is 0. The number of aromatic nitrogens is 2. The van der Waals surface area contributed by atoms with Crippen LogP contribution in [0.15, 0.2) is 0 Å². The average Bonchev–Trinajstić information content (AvgIpc) is 2.56. The second kappa shape index (κ2) is 5.37. The number of aromatic hydroxyl groups is 1. The summed E-state index contributed by atoms with van der Waals surface area (Å²) >= 11 is 0. The third kappa shape index (κ3) is 2.39. The van der Waals surface area contributed by atoms with Gasteiger partial charge in [0.25, 0.3) is 0 Å². The molecule has 1 N–H and O–H groups in total. The van der Waals surface area contributed by atoms with Gasteiger partial charge in [0, 0.05) is 6.04 Å². The first kappa shape index (κ1) is 13.1. The molecule has 0 fully saturated rings. The van der Waals surface area contributed by atoms with Crippen molar-refractivity contribution in [2.24, 2.45) is 0 Å². The Labute approximate surface area is 98.5 Å². The van der Waals surface area contributed by atoms with E-state index >= 15 is 0 Å². The molecule has 0 aliphatic carbocycles. The maximum Gasteiger partial charge on any atom is 0.160 e. The van der Waals surface area contributed by atoms with Crippen LogP contribution >= 0.6 is 0 Å². The van der Waals surface area contributed by atoms with Gasteiger partial charge in [0.2, 0.25) is 0 Å². The highest BCUT2D eigenvalue weighted by Gasteiger charge is 2.21. The van der Waals surface area contributed by atoms with Gasteiger partial charge in [-0.3, -0.25) is 4.68 Å². The summed E-state index contributed by atoms with van der Waals surface area (Å²) in [6.45, 7) is 10.6. The van der Waals surface area contributed by atoms with Crippen LogP contribution in [0.4, 0.5) is 0 Å². The van der Waals surface area contributed by atoms with Crippen molar-refractivity contribution >= 4 is 0 Å². The van der Waals surface area contributed by atoms with Crippen molar-refractivity contribution < 1.29 is 5.11 Å².